The summed E-state index contributed by atoms with van der Waals surface area (Å²) in [6.45, 7) is 4.04. The fourth-order valence-corrected chi connectivity index (χ4v) is 5.13. The van der Waals surface area contributed by atoms with Gasteiger partial charge in [-0.05, 0) is 73.7 Å². The summed E-state index contributed by atoms with van der Waals surface area (Å²) in [5.74, 6) is 0.160. The van der Waals surface area contributed by atoms with Gasteiger partial charge in [0.05, 0.1) is 11.7 Å². The third-order valence-electron chi connectivity index (χ3n) is 7.21. The van der Waals surface area contributed by atoms with Crippen LogP contribution in [0.2, 0.25) is 0 Å². The highest BCUT2D eigenvalue weighted by atomic mass is 19.1. The number of hydrogen-bond donors (Lipinski definition) is 2. The number of nitrogens with one attached hydrogen (secondary N) is 2. The van der Waals surface area contributed by atoms with Crippen molar-refractivity contribution >= 4 is 11.0 Å². The summed E-state index contributed by atoms with van der Waals surface area (Å²) < 4.78 is 17.1. The molecule has 0 amide bonds. The molecule has 5 nitrogen and oxygen atoms in total. The highest BCUT2D eigenvalue weighted by molar-refractivity contribution is 5.94. The summed E-state index contributed by atoms with van der Waals surface area (Å²) >= 11 is 0. The van der Waals surface area contributed by atoms with Crippen molar-refractivity contribution in [2.24, 2.45) is 0 Å². The van der Waals surface area contributed by atoms with Gasteiger partial charge in [0, 0.05) is 35.1 Å². The summed E-state index contributed by atoms with van der Waals surface area (Å²) in [7, 11) is 0. The van der Waals surface area contributed by atoms with Crippen LogP contribution < -0.4 is 5.32 Å². The number of pyridine rings is 1. The van der Waals surface area contributed by atoms with Crippen LogP contribution >= 0.6 is 0 Å². The first kappa shape index (κ1) is 21.7. The molecule has 1 fully saturated rings. The Labute approximate surface area is 204 Å². The first-order valence-electron chi connectivity index (χ1n) is 12.3. The van der Waals surface area contributed by atoms with Crippen LogP contribution in [0.1, 0.15) is 42.9 Å². The van der Waals surface area contributed by atoms with E-state index < -0.39 is 0 Å². The zero-order valence-electron chi connectivity index (χ0n) is 19.7. The van der Waals surface area contributed by atoms with Crippen molar-refractivity contribution in [1.29, 1.82) is 0 Å². The topological polar surface area (TPSA) is 58.5 Å². The molecule has 35 heavy (non-hydrogen) atoms. The Hall–Kier alpha value is -3.77. The fraction of sp³-hybridized carbons (Fsp3) is 0.241. The molecule has 0 spiro atoms. The predicted octanol–water partition coefficient (Wildman–Crippen LogP) is 6.31. The van der Waals surface area contributed by atoms with E-state index in [1.54, 1.807) is 12.3 Å². The van der Waals surface area contributed by atoms with Gasteiger partial charge in [-0.3, -0.25) is 4.68 Å². The van der Waals surface area contributed by atoms with Crippen LogP contribution in [0.15, 0.2) is 79.3 Å². The number of piperidine rings is 1. The van der Waals surface area contributed by atoms with Gasteiger partial charge in [-0.25, -0.2) is 9.37 Å². The molecule has 1 saturated heterocycles. The molecule has 2 aromatic carbocycles. The molecule has 1 aliphatic rings. The molecule has 0 radical (unpaired) electrons. The van der Waals surface area contributed by atoms with Crippen LogP contribution in [-0.2, 0) is 0 Å². The lowest BCUT2D eigenvalue weighted by Gasteiger charge is -2.23. The second-order valence-corrected chi connectivity index (χ2v) is 9.35. The first-order chi connectivity index (χ1) is 17.2. The minimum absolute atomic E-state index is 0.127. The molecule has 4 heterocycles. The number of halogens is 1. The van der Waals surface area contributed by atoms with Crippen LogP contribution in [0.5, 0.6) is 0 Å². The van der Waals surface area contributed by atoms with Gasteiger partial charge in [0.25, 0.3) is 0 Å². The number of H-pyrrole nitrogens is 1. The number of hydrogen-bond acceptors (Lipinski definition) is 3. The van der Waals surface area contributed by atoms with E-state index in [1.165, 1.54) is 5.56 Å². The molecule has 1 atom stereocenters. The van der Waals surface area contributed by atoms with Crippen molar-refractivity contribution < 1.29 is 4.39 Å². The quantitative estimate of drug-likeness (QED) is 0.320. The van der Waals surface area contributed by atoms with E-state index in [9.17, 15) is 0 Å². The molecule has 2 N–H and O–H groups in total. The second kappa shape index (κ2) is 9.12. The molecule has 3 aromatic heterocycles. The van der Waals surface area contributed by atoms with E-state index in [1.807, 2.05) is 53.5 Å². The average Bonchev–Trinajstić information content (AvgIpc) is 3.56. The van der Waals surface area contributed by atoms with Gasteiger partial charge < -0.3 is 10.3 Å². The lowest BCUT2D eigenvalue weighted by molar-refractivity contribution is 0.445. The summed E-state index contributed by atoms with van der Waals surface area (Å²) in [6, 6.07) is 20.2. The van der Waals surface area contributed by atoms with Crippen molar-refractivity contribution in [2.75, 3.05) is 13.1 Å². The fourth-order valence-electron chi connectivity index (χ4n) is 5.13. The maximum Gasteiger partial charge on any atom is 0.137 e. The second-order valence-electron chi connectivity index (χ2n) is 9.35. The minimum atomic E-state index is -0.127. The lowest BCUT2D eigenvalue weighted by atomic mass is 9.89. The van der Waals surface area contributed by atoms with Crippen molar-refractivity contribution in [1.82, 2.24) is 25.1 Å². The molecule has 176 valence electrons. The van der Waals surface area contributed by atoms with E-state index in [0.717, 1.165) is 64.9 Å². The van der Waals surface area contributed by atoms with Gasteiger partial charge in [-0.15, -0.1) is 0 Å². The van der Waals surface area contributed by atoms with Crippen LogP contribution in [-0.4, -0.2) is 32.8 Å². The molecule has 0 aliphatic carbocycles. The van der Waals surface area contributed by atoms with Crippen LogP contribution in [0.25, 0.3) is 33.4 Å². The Morgan fingerprint density at radius 3 is 2.63 bits per heavy atom. The van der Waals surface area contributed by atoms with E-state index >= 15 is 4.39 Å². The molecule has 5 aromatic rings. The molecule has 6 heteroatoms. The summed E-state index contributed by atoms with van der Waals surface area (Å²) in [4.78, 5) is 7.87. The zero-order chi connectivity index (χ0) is 23.8. The Morgan fingerprint density at radius 2 is 1.83 bits per heavy atom. The number of benzene rings is 2. The van der Waals surface area contributed by atoms with Gasteiger partial charge in [-0.1, -0.05) is 42.5 Å². The van der Waals surface area contributed by atoms with Crippen molar-refractivity contribution in [3.63, 3.8) is 0 Å². The Bertz CT molecular complexity index is 1460. The number of fused-ring (bicyclic) bond motifs is 1. The molecule has 0 saturated carbocycles. The van der Waals surface area contributed by atoms with Gasteiger partial charge >= 0.3 is 0 Å². The van der Waals surface area contributed by atoms with Gasteiger partial charge in [0.2, 0.25) is 0 Å². The third kappa shape index (κ3) is 4.15. The monoisotopic (exact) mass is 465 g/mol. The largest absolute Gasteiger partial charge is 0.345 e. The Balaban J connectivity index is 1.32. The minimum Gasteiger partial charge on any atom is -0.345 e. The zero-order valence-corrected chi connectivity index (χ0v) is 19.7. The first-order valence-corrected chi connectivity index (χ1v) is 12.3. The molecular formula is C29H28FN5. The van der Waals surface area contributed by atoms with Crippen LogP contribution in [0, 0.1) is 5.82 Å². The SMILES string of the molecule is CC(c1ccccc1)n1ccc(-c2c[nH]c3ncc(-c4ccc(C5CCNCC5)c(F)c4)cc23)n1. The van der Waals surface area contributed by atoms with Crippen molar-refractivity contribution in [2.45, 2.75) is 31.7 Å². The summed E-state index contributed by atoms with van der Waals surface area (Å²) in [6.07, 6.45) is 7.72. The molecule has 6 rings (SSSR count). The molecule has 1 aliphatic heterocycles. The molecule has 1 unspecified atom stereocenters. The van der Waals surface area contributed by atoms with Crippen molar-refractivity contribution in [3.05, 3.63) is 96.2 Å². The van der Waals surface area contributed by atoms with E-state index in [4.69, 9.17) is 5.10 Å². The maximum absolute atomic E-state index is 15.1. The van der Waals surface area contributed by atoms with Crippen molar-refractivity contribution in [3.8, 4) is 22.4 Å². The van der Waals surface area contributed by atoms with E-state index in [-0.39, 0.29) is 17.8 Å². The predicted molar refractivity (Wildman–Crippen MR) is 138 cm³/mol. The van der Waals surface area contributed by atoms with Gasteiger partial charge in [0.15, 0.2) is 0 Å². The third-order valence-corrected chi connectivity index (χ3v) is 7.21. The summed E-state index contributed by atoms with van der Waals surface area (Å²) in [5, 5.41) is 9.19. The van der Waals surface area contributed by atoms with Crippen LogP contribution in [0.4, 0.5) is 4.39 Å². The molecular weight excluding hydrogens is 437 g/mol. The van der Waals surface area contributed by atoms with Gasteiger partial charge in [0.1, 0.15) is 11.5 Å². The Morgan fingerprint density at radius 1 is 1.00 bits per heavy atom. The highest BCUT2D eigenvalue weighted by Crippen LogP contribution is 2.33. The standard InChI is InChI=1S/C29H28FN5/c1-19(20-5-3-2-4-6-20)35-14-11-28(34-35)26-18-33-29-25(26)15-23(17-32-29)22-7-8-24(27(30)16-22)21-9-12-31-13-10-21/h2-8,11,14-19,21,31H,9-10,12-13H2,1H3,(H,32,33). The maximum atomic E-state index is 15.1. The average molecular weight is 466 g/mol. The van der Waals surface area contributed by atoms with Gasteiger partial charge in [-0.2, -0.15) is 5.10 Å². The normalized spacial score (nSPS) is 15.5. The van der Waals surface area contributed by atoms with E-state index in [2.05, 4.69) is 40.4 Å². The number of nitrogens with zero attached hydrogens (tertiary/aromatic N) is 3. The summed E-state index contributed by atoms with van der Waals surface area (Å²) in [5.41, 5.74) is 6.42. The number of aromatic amines is 1. The smallest absolute Gasteiger partial charge is 0.137 e. The molecule has 0 bridgehead atoms. The highest BCUT2D eigenvalue weighted by Gasteiger charge is 2.19. The number of aromatic nitrogens is 4. The lowest BCUT2D eigenvalue weighted by Crippen LogP contribution is -2.27. The van der Waals surface area contributed by atoms with Crippen LogP contribution in [0.3, 0.4) is 0 Å². The number of rotatable bonds is 5. The van der Waals surface area contributed by atoms with E-state index in [0.29, 0.717) is 0 Å². The Kier molecular flexibility index (Phi) is 5.66.